The number of aliphatic imine (C=N–C) groups is 1. The molecular formula is C29H29ClF3N5O4S. The number of fused-ring (bicyclic) bond motifs is 1. The first-order chi connectivity index (χ1) is 20.2. The zero-order chi connectivity index (χ0) is 31.1. The van der Waals surface area contributed by atoms with Gasteiger partial charge in [0.05, 0.1) is 41.4 Å². The largest absolute Gasteiger partial charge is 0.444 e. The van der Waals surface area contributed by atoms with Crippen LogP contribution in [0.4, 0.5) is 18.0 Å². The lowest BCUT2D eigenvalue weighted by Gasteiger charge is -2.41. The highest BCUT2D eigenvalue weighted by atomic mass is 35.5. The number of aliphatic hydroxyl groups is 1. The summed E-state index contributed by atoms with van der Waals surface area (Å²) in [5, 5.41) is 15.4. The van der Waals surface area contributed by atoms with Crippen molar-refractivity contribution < 1.29 is 32.6 Å². The van der Waals surface area contributed by atoms with Crippen molar-refractivity contribution >= 4 is 57.5 Å². The van der Waals surface area contributed by atoms with Crippen molar-refractivity contribution in [2.75, 3.05) is 26.2 Å². The fourth-order valence-electron chi connectivity index (χ4n) is 4.86. The Balaban J connectivity index is 1.29. The number of piperazine rings is 1. The Morgan fingerprint density at radius 3 is 2.65 bits per heavy atom. The number of rotatable bonds is 4. The average molecular weight is 636 g/mol. The molecule has 2 aliphatic rings. The Bertz CT molecular complexity index is 1630. The molecule has 43 heavy (non-hydrogen) atoms. The van der Waals surface area contributed by atoms with Gasteiger partial charge >= 0.3 is 12.3 Å². The Labute approximate surface area is 254 Å². The molecule has 14 heteroatoms. The molecule has 0 aliphatic carbocycles. The van der Waals surface area contributed by atoms with Gasteiger partial charge in [-0.3, -0.25) is 9.48 Å². The van der Waals surface area contributed by atoms with Crippen LogP contribution in [0.3, 0.4) is 0 Å². The molecule has 0 saturated carbocycles. The lowest BCUT2D eigenvalue weighted by molar-refractivity contribution is -0.138. The first kappa shape index (κ1) is 30.9. The minimum absolute atomic E-state index is 0.000449. The van der Waals surface area contributed by atoms with Gasteiger partial charge in [0.25, 0.3) is 5.91 Å². The van der Waals surface area contributed by atoms with Gasteiger partial charge in [0.2, 0.25) is 0 Å². The molecule has 9 nitrogen and oxygen atoms in total. The molecule has 3 heterocycles. The van der Waals surface area contributed by atoms with Gasteiger partial charge in [0.15, 0.2) is 5.17 Å². The summed E-state index contributed by atoms with van der Waals surface area (Å²) >= 11 is 6.99. The molecule has 1 saturated heterocycles. The second-order valence-corrected chi connectivity index (χ2v) is 12.6. The molecule has 3 aromatic rings. The molecular weight excluding hydrogens is 607 g/mol. The number of ether oxygens (including phenoxy) is 1. The number of carbonyl (C=O) groups excluding carboxylic acids is 2. The number of hydrogen-bond donors (Lipinski definition) is 1. The summed E-state index contributed by atoms with van der Waals surface area (Å²) in [6.45, 7) is 5.94. The van der Waals surface area contributed by atoms with Gasteiger partial charge in [-0.15, -0.1) is 0 Å². The third kappa shape index (κ3) is 7.00. The van der Waals surface area contributed by atoms with Crippen LogP contribution in [-0.4, -0.2) is 79.7 Å². The van der Waals surface area contributed by atoms with Crippen LogP contribution in [0, 0.1) is 0 Å². The lowest BCUT2D eigenvalue weighted by atomic mass is 10.1. The number of hydrogen-bond acceptors (Lipinski definition) is 7. The molecule has 1 aromatic heterocycles. The minimum Gasteiger partial charge on any atom is -0.444 e. The summed E-state index contributed by atoms with van der Waals surface area (Å²) in [6, 6.07) is 8.49. The second kappa shape index (κ2) is 11.9. The minimum atomic E-state index is -4.56. The van der Waals surface area contributed by atoms with Gasteiger partial charge in [0, 0.05) is 30.0 Å². The predicted octanol–water partition coefficient (Wildman–Crippen LogP) is 5.64. The smallest absolute Gasteiger partial charge is 0.416 e. The van der Waals surface area contributed by atoms with Crippen LogP contribution in [0.25, 0.3) is 17.0 Å². The number of aromatic nitrogens is 2. The van der Waals surface area contributed by atoms with Crippen molar-refractivity contribution in [1.29, 1.82) is 0 Å². The monoisotopic (exact) mass is 635 g/mol. The van der Waals surface area contributed by atoms with E-state index >= 15 is 0 Å². The molecule has 2 aromatic carbocycles. The highest BCUT2D eigenvalue weighted by molar-refractivity contribution is 8.18. The normalized spacial score (nSPS) is 19.0. The maximum absolute atomic E-state index is 13.6. The summed E-state index contributed by atoms with van der Waals surface area (Å²) in [5.74, 6) is -0.426. The van der Waals surface area contributed by atoms with Crippen molar-refractivity contribution in [3.8, 4) is 0 Å². The zero-order valence-electron chi connectivity index (χ0n) is 23.6. The summed E-state index contributed by atoms with van der Waals surface area (Å²) in [7, 11) is 0. The van der Waals surface area contributed by atoms with Crippen LogP contribution < -0.4 is 0 Å². The fourth-order valence-corrected chi connectivity index (χ4v) is 6.04. The number of nitrogens with zero attached hydrogens (tertiary/aromatic N) is 5. The summed E-state index contributed by atoms with van der Waals surface area (Å²) in [6.07, 6.45) is -1.78. The lowest BCUT2D eigenvalue weighted by Crippen LogP contribution is -2.57. The van der Waals surface area contributed by atoms with E-state index in [2.05, 4.69) is 10.1 Å². The van der Waals surface area contributed by atoms with Crippen LogP contribution in [0.1, 0.15) is 37.5 Å². The van der Waals surface area contributed by atoms with Gasteiger partial charge in [-0.1, -0.05) is 23.7 Å². The fraction of sp³-hybridized carbons (Fsp3) is 0.379. The third-order valence-electron chi connectivity index (χ3n) is 6.86. The molecule has 1 unspecified atom stereocenters. The zero-order valence-corrected chi connectivity index (χ0v) is 25.1. The molecule has 0 radical (unpaired) electrons. The van der Waals surface area contributed by atoms with E-state index in [1.165, 1.54) is 33.5 Å². The topological polar surface area (TPSA) is 100 Å². The molecule has 0 bridgehead atoms. The highest BCUT2D eigenvalue weighted by Gasteiger charge is 2.37. The summed E-state index contributed by atoms with van der Waals surface area (Å²) in [4.78, 5) is 33.2. The summed E-state index contributed by atoms with van der Waals surface area (Å²) < 4.78 is 47.6. The van der Waals surface area contributed by atoms with E-state index < -0.39 is 35.4 Å². The molecule has 5 rings (SSSR count). The van der Waals surface area contributed by atoms with Crippen molar-refractivity contribution in [1.82, 2.24) is 19.6 Å². The molecule has 228 valence electrons. The van der Waals surface area contributed by atoms with E-state index in [1.54, 1.807) is 51.2 Å². The number of amidine groups is 1. The van der Waals surface area contributed by atoms with Gasteiger partial charge in [-0.2, -0.15) is 23.3 Å². The quantitative estimate of drug-likeness (QED) is 0.371. The van der Waals surface area contributed by atoms with E-state index in [0.29, 0.717) is 39.6 Å². The first-order valence-electron chi connectivity index (χ1n) is 13.4. The Kier molecular flexibility index (Phi) is 8.52. The highest BCUT2D eigenvalue weighted by Crippen LogP contribution is 2.35. The van der Waals surface area contributed by atoms with Crippen LogP contribution in [0.2, 0.25) is 5.02 Å². The Morgan fingerprint density at radius 1 is 1.19 bits per heavy atom. The number of aliphatic hydroxyl groups excluding tert-OH is 1. The van der Waals surface area contributed by atoms with Crippen LogP contribution in [0.5, 0.6) is 0 Å². The first-order valence-corrected chi connectivity index (χ1v) is 14.6. The van der Waals surface area contributed by atoms with E-state index in [4.69, 9.17) is 16.3 Å². The van der Waals surface area contributed by atoms with E-state index in [0.717, 1.165) is 6.07 Å². The third-order valence-corrected chi connectivity index (χ3v) is 8.12. The number of thioether (sulfide) groups is 1. The number of alkyl halides is 3. The van der Waals surface area contributed by atoms with Crippen LogP contribution >= 0.6 is 23.4 Å². The molecule has 1 atom stereocenters. The Morgan fingerprint density at radius 2 is 1.95 bits per heavy atom. The summed E-state index contributed by atoms with van der Waals surface area (Å²) in [5.41, 5.74) is -0.0993. The molecule has 2 amide bonds. The number of halogens is 4. The van der Waals surface area contributed by atoms with Crippen LogP contribution in [0.15, 0.2) is 52.5 Å². The Hall–Kier alpha value is -3.55. The van der Waals surface area contributed by atoms with E-state index in [9.17, 15) is 27.9 Å². The number of amides is 2. The number of carbonyl (C=O) groups is 2. The van der Waals surface area contributed by atoms with Crippen molar-refractivity contribution in [3.63, 3.8) is 0 Å². The van der Waals surface area contributed by atoms with E-state index in [-0.39, 0.29) is 30.3 Å². The van der Waals surface area contributed by atoms with Gasteiger partial charge in [-0.25, -0.2) is 4.79 Å². The van der Waals surface area contributed by atoms with Gasteiger partial charge < -0.3 is 19.6 Å². The molecule has 0 spiro atoms. The number of benzene rings is 2. The van der Waals surface area contributed by atoms with Crippen molar-refractivity contribution in [2.24, 2.45) is 4.99 Å². The predicted molar refractivity (Wildman–Crippen MR) is 159 cm³/mol. The maximum atomic E-state index is 13.6. The van der Waals surface area contributed by atoms with Gasteiger partial charge in [0.1, 0.15) is 5.60 Å². The maximum Gasteiger partial charge on any atom is 0.416 e. The molecule has 1 fully saturated rings. The molecule has 1 N–H and O–H groups in total. The van der Waals surface area contributed by atoms with Crippen LogP contribution in [-0.2, 0) is 22.3 Å². The second-order valence-electron chi connectivity index (χ2n) is 11.2. The average Bonchev–Trinajstić information content (AvgIpc) is 3.50. The molecule has 2 aliphatic heterocycles. The van der Waals surface area contributed by atoms with Gasteiger partial charge in [-0.05, 0) is 74.0 Å². The SMILES string of the molecule is CC(C)(C)OC(=O)N1CCN(C2=NC(=O)C(=Cc3ccc4c(cnn4Cc4ccc(Cl)cc4C(F)(F)F)c3)S2)C(CO)C1. The van der Waals surface area contributed by atoms with Crippen molar-refractivity contribution in [2.45, 2.75) is 45.1 Å². The van der Waals surface area contributed by atoms with Crippen molar-refractivity contribution in [3.05, 3.63) is 69.2 Å². The van der Waals surface area contributed by atoms with E-state index in [1.807, 2.05) is 4.90 Å². The standard InChI is InChI=1S/C29H29ClF3N5O4S/c1-28(2,3)42-27(41)36-8-9-37(21(15-36)16-39)26-35-25(40)24(43-26)11-17-4-7-23-19(10-17)13-34-38(23)14-18-5-6-20(30)12-22(18)29(31,32)33/h4-7,10-13,21,39H,8-9,14-16H2,1-3H3.